The van der Waals surface area contributed by atoms with Gasteiger partial charge in [0.15, 0.2) is 14.6 Å². The van der Waals surface area contributed by atoms with E-state index in [0.29, 0.717) is 4.80 Å². The van der Waals surface area contributed by atoms with Crippen molar-refractivity contribution in [2.24, 2.45) is 4.99 Å². The molecule has 1 amide bonds. The Labute approximate surface area is 173 Å². The Kier molecular flexibility index (Phi) is 6.42. The van der Waals surface area contributed by atoms with Crippen LogP contribution in [-0.2, 0) is 21.2 Å². The zero-order chi connectivity index (χ0) is 20.3. The van der Waals surface area contributed by atoms with Gasteiger partial charge in [0.25, 0.3) is 5.91 Å². The van der Waals surface area contributed by atoms with Crippen molar-refractivity contribution in [3.63, 3.8) is 0 Å². The van der Waals surface area contributed by atoms with Gasteiger partial charge >= 0.3 is 0 Å². The number of thiazole rings is 1. The van der Waals surface area contributed by atoms with Crippen molar-refractivity contribution in [1.82, 2.24) is 4.57 Å². The minimum Gasteiger partial charge on any atom is -0.316 e. The van der Waals surface area contributed by atoms with Gasteiger partial charge in [-0.1, -0.05) is 36.0 Å². The first-order valence-corrected chi connectivity index (χ1v) is 12.6. The summed E-state index contributed by atoms with van der Waals surface area (Å²) < 4.78 is 26.5. The molecule has 0 unspecified atom stereocenters. The number of hydrogen-bond acceptors (Lipinski definition) is 5. The second kappa shape index (κ2) is 8.63. The lowest BCUT2D eigenvalue weighted by atomic mass is 10.2. The van der Waals surface area contributed by atoms with E-state index in [1.54, 1.807) is 18.2 Å². The SMILES string of the molecule is CCCn1c(=NC(=O)CSc2ccc(C)cc2)sc2cc(S(C)(=O)=O)ccc21. The predicted molar refractivity (Wildman–Crippen MR) is 116 cm³/mol. The number of rotatable bonds is 6. The fraction of sp³-hybridized carbons (Fsp3) is 0.300. The minimum absolute atomic E-state index is 0.203. The average molecular weight is 435 g/mol. The summed E-state index contributed by atoms with van der Waals surface area (Å²) in [7, 11) is -3.28. The topological polar surface area (TPSA) is 68.5 Å². The van der Waals surface area contributed by atoms with Gasteiger partial charge in [0.05, 0.1) is 20.9 Å². The van der Waals surface area contributed by atoms with Crippen molar-refractivity contribution in [3.05, 3.63) is 52.8 Å². The second-order valence-corrected chi connectivity index (χ2v) is 10.6. The highest BCUT2D eigenvalue weighted by molar-refractivity contribution is 8.00. The van der Waals surface area contributed by atoms with Crippen LogP contribution in [0.3, 0.4) is 0 Å². The number of carbonyl (C=O) groups excluding carboxylic acids is 1. The van der Waals surface area contributed by atoms with E-state index in [2.05, 4.69) is 11.9 Å². The van der Waals surface area contributed by atoms with Gasteiger partial charge in [-0.2, -0.15) is 4.99 Å². The molecule has 0 saturated heterocycles. The van der Waals surface area contributed by atoms with E-state index in [1.165, 1.54) is 34.9 Å². The quantitative estimate of drug-likeness (QED) is 0.549. The number of thioether (sulfide) groups is 1. The van der Waals surface area contributed by atoms with Crippen LogP contribution in [0.4, 0.5) is 0 Å². The summed E-state index contributed by atoms with van der Waals surface area (Å²) in [5.74, 6) is 0.0585. The zero-order valence-electron chi connectivity index (χ0n) is 16.0. The highest BCUT2D eigenvalue weighted by Gasteiger charge is 2.12. The first-order chi connectivity index (χ1) is 13.3. The fourth-order valence-electron chi connectivity index (χ4n) is 2.73. The molecule has 0 radical (unpaired) electrons. The van der Waals surface area contributed by atoms with E-state index in [9.17, 15) is 13.2 Å². The molecular formula is C20H22N2O3S3. The molecular weight excluding hydrogens is 412 g/mol. The first-order valence-electron chi connectivity index (χ1n) is 8.88. The summed E-state index contributed by atoms with van der Waals surface area (Å²) in [5, 5.41) is 0. The van der Waals surface area contributed by atoms with Gasteiger partial charge in [-0.3, -0.25) is 4.79 Å². The van der Waals surface area contributed by atoms with Crippen molar-refractivity contribution < 1.29 is 13.2 Å². The fourth-order valence-corrected chi connectivity index (χ4v) is 5.25. The molecule has 0 aliphatic rings. The number of fused-ring (bicyclic) bond motifs is 1. The minimum atomic E-state index is -3.28. The van der Waals surface area contributed by atoms with Crippen LogP contribution in [0.1, 0.15) is 18.9 Å². The predicted octanol–water partition coefficient (Wildman–Crippen LogP) is 4.04. The lowest BCUT2D eigenvalue weighted by molar-refractivity contribution is -0.115. The van der Waals surface area contributed by atoms with Gasteiger partial charge in [0.2, 0.25) is 0 Å². The van der Waals surface area contributed by atoms with E-state index in [-0.39, 0.29) is 16.6 Å². The number of hydrogen-bond donors (Lipinski definition) is 0. The summed E-state index contributed by atoms with van der Waals surface area (Å²) in [5.41, 5.74) is 2.08. The zero-order valence-corrected chi connectivity index (χ0v) is 18.5. The van der Waals surface area contributed by atoms with Gasteiger partial charge in [0, 0.05) is 17.7 Å². The molecule has 0 aliphatic carbocycles. The molecule has 148 valence electrons. The number of aryl methyl sites for hydroxylation is 2. The normalized spacial score (nSPS) is 12.6. The molecule has 2 aromatic carbocycles. The molecule has 8 heteroatoms. The van der Waals surface area contributed by atoms with Gasteiger partial charge < -0.3 is 4.57 Å². The maximum atomic E-state index is 12.4. The standard InChI is InChI=1S/C20H22N2O3S3/c1-4-11-22-17-10-9-16(28(3,24)25)12-18(17)27-20(22)21-19(23)13-26-15-7-5-14(2)6-8-15/h5-10,12H,4,11,13H2,1-3H3. The van der Waals surface area contributed by atoms with Crippen LogP contribution in [0.15, 0.2) is 57.2 Å². The third-order valence-electron chi connectivity index (χ3n) is 4.13. The van der Waals surface area contributed by atoms with E-state index in [0.717, 1.165) is 28.1 Å². The van der Waals surface area contributed by atoms with Crippen molar-refractivity contribution in [2.75, 3.05) is 12.0 Å². The smallest absolute Gasteiger partial charge is 0.258 e. The molecule has 5 nitrogen and oxygen atoms in total. The van der Waals surface area contributed by atoms with Gasteiger partial charge in [-0.05, 0) is 43.7 Å². The molecule has 0 saturated carbocycles. The van der Waals surface area contributed by atoms with Crippen LogP contribution in [-0.4, -0.2) is 30.9 Å². The number of amides is 1. The number of sulfone groups is 1. The lowest BCUT2D eigenvalue weighted by Gasteiger charge is -2.03. The van der Waals surface area contributed by atoms with Gasteiger partial charge in [0.1, 0.15) is 0 Å². The Morgan fingerprint density at radius 3 is 2.54 bits per heavy atom. The van der Waals surface area contributed by atoms with E-state index in [4.69, 9.17) is 0 Å². The Morgan fingerprint density at radius 2 is 1.89 bits per heavy atom. The van der Waals surface area contributed by atoms with Crippen molar-refractivity contribution in [2.45, 2.75) is 36.6 Å². The summed E-state index contributed by atoms with van der Waals surface area (Å²) in [4.78, 5) is 18.6. The summed E-state index contributed by atoms with van der Waals surface area (Å²) in [6.07, 6.45) is 2.08. The second-order valence-electron chi connectivity index (χ2n) is 6.55. The van der Waals surface area contributed by atoms with Crippen molar-refractivity contribution >= 4 is 49.1 Å². The van der Waals surface area contributed by atoms with Crippen LogP contribution in [0.25, 0.3) is 10.2 Å². The third kappa shape index (κ3) is 4.92. The molecule has 0 fully saturated rings. The molecule has 1 aromatic heterocycles. The largest absolute Gasteiger partial charge is 0.316 e. The Hall–Kier alpha value is -1.90. The Morgan fingerprint density at radius 1 is 1.18 bits per heavy atom. The number of benzene rings is 2. The van der Waals surface area contributed by atoms with E-state index < -0.39 is 9.84 Å². The highest BCUT2D eigenvalue weighted by Crippen LogP contribution is 2.22. The van der Waals surface area contributed by atoms with Crippen LogP contribution >= 0.6 is 23.1 Å². The maximum absolute atomic E-state index is 12.4. The van der Waals surface area contributed by atoms with Gasteiger partial charge in [-0.15, -0.1) is 11.8 Å². The van der Waals surface area contributed by atoms with Crippen LogP contribution in [0.2, 0.25) is 0 Å². The third-order valence-corrected chi connectivity index (χ3v) is 7.28. The lowest BCUT2D eigenvalue weighted by Crippen LogP contribution is -2.17. The molecule has 0 N–H and O–H groups in total. The van der Waals surface area contributed by atoms with E-state index >= 15 is 0 Å². The summed E-state index contributed by atoms with van der Waals surface area (Å²) in [6, 6.07) is 13.1. The monoisotopic (exact) mass is 434 g/mol. The maximum Gasteiger partial charge on any atom is 0.258 e. The van der Waals surface area contributed by atoms with E-state index in [1.807, 2.05) is 35.8 Å². The summed E-state index contributed by atoms with van der Waals surface area (Å²) >= 11 is 2.81. The number of carbonyl (C=O) groups is 1. The average Bonchev–Trinajstić information content (AvgIpc) is 2.97. The molecule has 3 aromatic rings. The molecule has 0 bridgehead atoms. The molecule has 3 rings (SSSR count). The Balaban J connectivity index is 1.92. The van der Waals surface area contributed by atoms with Crippen LogP contribution in [0.5, 0.6) is 0 Å². The Bertz CT molecular complexity index is 1170. The number of aromatic nitrogens is 1. The summed E-state index contributed by atoms with van der Waals surface area (Å²) in [6.45, 7) is 4.80. The van der Waals surface area contributed by atoms with Crippen molar-refractivity contribution in [1.29, 1.82) is 0 Å². The highest BCUT2D eigenvalue weighted by atomic mass is 32.2. The molecule has 0 spiro atoms. The first kappa shape index (κ1) is 20.8. The van der Waals surface area contributed by atoms with Crippen molar-refractivity contribution in [3.8, 4) is 0 Å². The van der Waals surface area contributed by atoms with Gasteiger partial charge in [-0.25, -0.2) is 8.42 Å². The van der Waals surface area contributed by atoms with Crippen LogP contribution in [0, 0.1) is 6.92 Å². The molecule has 28 heavy (non-hydrogen) atoms. The molecule has 1 heterocycles. The molecule has 0 aliphatic heterocycles. The number of nitrogens with zero attached hydrogens (tertiary/aromatic N) is 2. The van der Waals surface area contributed by atoms with Crippen LogP contribution < -0.4 is 4.80 Å². The molecule has 0 atom stereocenters.